The Hall–Kier alpha value is -2.11. The van der Waals surface area contributed by atoms with E-state index >= 15 is 0 Å². The topological polar surface area (TPSA) is 54.5 Å². The van der Waals surface area contributed by atoms with Crippen molar-refractivity contribution in [3.63, 3.8) is 0 Å². The number of ether oxygens (including phenoxy) is 1. The third kappa shape index (κ3) is 3.66. The number of benzene rings is 1. The number of carbonyl (C=O) groups excluding carboxylic acids is 1. The summed E-state index contributed by atoms with van der Waals surface area (Å²) in [4.78, 5) is 19.1. The van der Waals surface area contributed by atoms with E-state index in [-0.39, 0.29) is 11.4 Å². The quantitative estimate of drug-likeness (QED) is 0.822. The third-order valence-electron chi connectivity index (χ3n) is 5.65. The Bertz CT molecular complexity index is 847. The molecule has 1 N–H and O–H groups in total. The van der Waals surface area contributed by atoms with Gasteiger partial charge in [0.2, 0.25) is 5.88 Å². The molecule has 2 aliphatic rings. The lowest BCUT2D eigenvalue weighted by Gasteiger charge is -2.45. The van der Waals surface area contributed by atoms with Gasteiger partial charge in [-0.15, -0.1) is 0 Å². The van der Waals surface area contributed by atoms with Gasteiger partial charge >= 0.3 is 0 Å². The highest BCUT2D eigenvalue weighted by Crippen LogP contribution is 2.32. The molecule has 4 rings (SSSR count). The normalized spacial score (nSPS) is 18.2. The van der Waals surface area contributed by atoms with Crippen LogP contribution in [0.5, 0.6) is 5.88 Å². The summed E-state index contributed by atoms with van der Waals surface area (Å²) < 4.78 is 5.52. The zero-order chi connectivity index (χ0) is 18.9. The van der Waals surface area contributed by atoms with Gasteiger partial charge in [-0.1, -0.05) is 35.9 Å². The molecule has 1 spiro atoms. The van der Waals surface area contributed by atoms with Crippen LogP contribution in [-0.4, -0.2) is 41.0 Å². The number of likely N-dealkylation sites (tertiary alicyclic amines) is 1. The minimum Gasteiger partial charge on any atom is -0.477 e. The number of hydrogen-bond donors (Lipinski definition) is 1. The number of pyridine rings is 1. The van der Waals surface area contributed by atoms with E-state index in [4.69, 9.17) is 16.3 Å². The van der Waals surface area contributed by atoms with Gasteiger partial charge in [-0.25, -0.2) is 4.98 Å². The number of rotatable bonds is 3. The van der Waals surface area contributed by atoms with E-state index in [2.05, 4.69) is 34.6 Å². The SMILES string of the molecule is CCOc1nc(Cl)ccc1C(=O)N1CCC2(CC1)Cc1ccccc1CN2. The molecule has 142 valence electrons. The summed E-state index contributed by atoms with van der Waals surface area (Å²) in [6, 6.07) is 12.0. The molecule has 0 bridgehead atoms. The average molecular weight is 386 g/mol. The van der Waals surface area contributed by atoms with Crippen molar-refractivity contribution in [2.45, 2.75) is 38.3 Å². The van der Waals surface area contributed by atoms with Crippen LogP contribution in [0.3, 0.4) is 0 Å². The number of piperidine rings is 1. The molecule has 1 aromatic carbocycles. The maximum atomic E-state index is 13.0. The van der Waals surface area contributed by atoms with Gasteiger partial charge in [-0.05, 0) is 49.4 Å². The molecule has 0 saturated carbocycles. The first-order valence-corrected chi connectivity index (χ1v) is 9.88. The molecule has 2 aromatic rings. The Labute approximate surface area is 164 Å². The fourth-order valence-corrected chi connectivity index (χ4v) is 4.24. The van der Waals surface area contributed by atoms with Gasteiger partial charge in [0.05, 0.1) is 6.61 Å². The Balaban J connectivity index is 1.46. The summed E-state index contributed by atoms with van der Waals surface area (Å²) in [5, 5.41) is 4.07. The molecule has 1 amide bonds. The molecule has 3 heterocycles. The molecule has 1 aromatic heterocycles. The maximum absolute atomic E-state index is 13.0. The summed E-state index contributed by atoms with van der Waals surface area (Å²) in [5.74, 6) is 0.286. The van der Waals surface area contributed by atoms with Crippen LogP contribution in [0.15, 0.2) is 36.4 Å². The molecule has 1 saturated heterocycles. The van der Waals surface area contributed by atoms with Gasteiger partial charge in [-0.2, -0.15) is 0 Å². The van der Waals surface area contributed by atoms with E-state index in [1.54, 1.807) is 12.1 Å². The highest BCUT2D eigenvalue weighted by atomic mass is 35.5. The Morgan fingerprint density at radius 1 is 1.22 bits per heavy atom. The Kier molecular flexibility index (Phi) is 5.06. The van der Waals surface area contributed by atoms with E-state index in [1.807, 2.05) is 11.8 Å². The van der Waals surface area contributed by atoms with Gasteiger partial charge in [0.25, 0.3) is 5.91 Å². The van der Waals surface area contributed by atoms with Crippen LogP contribution < -0.4 is 10.1 Å². The van der Waals surface area contributed by atoms with E-state index in [0.717, 1.165) is 38.9 Å². The number of hydrogen-bond acceptors (Lipinski definition) is 4. The summed E-state index contributed by atoms with van der Waals surface area (Å²) in [6.45, 7) is 4.66. The molecule has 2 aliphatic heterocycles. The molecule has 27 heavy (non-hydrogen) atoms. The lowest BCUT2D eigenvalue weighted by atomic mass is 9.78. The van der Waals surface area contributed by atoms with Crippen LogP contribution in [0, 0.1) is 0 Å². The van der Waals surface area contributed by atoms with E-state index < -0.39 is 0 Å². The predicted molar refractivity (Wildman–Crippen MR) is 105 cm³/mol. The number of carbonyl (C=O) groups is 1. The first kappa shape index (κ1) is 18.3. The van der Waals surface area contributed by atoms with Crippen LogP contribution in [0.4, 0.5) is 0 Å². The van der Waals surface area contributed by atoms with Gasteiger partial charge < -0.3 is 15.0 Å². The molecule has 0 atom stereocenters. The van der Waals surface area contributed by atoms with Crippen LogP contribution in [0.2, 0.25) is 5.15 Å². The number of halogens is 1. The van der Waals surface area contributed by atoms with Crippen molar-refractivity contribution < 1.29 is 9.53 Å². The highest BCUT2D eigenvalue weighted by molar-refractivity contribution is 6.29. The highest BCUT2D eigenvalue weighted by Gasteiger charge is 2.38. The standard InChI is InChI=1S/C21H24ClN3O2/c1-2-27-19-17(7-8-18(22)24-19)20(26)25-11-9-21(10-12-25)13-15-5-3-4-6-16(15)14-23-21/h3-8,23H,2,9-14H2,1H3. The number of nitrogens with one attached hydrogen (secondary N) is 1. The first-order valence-electron chi connectivity index (χ1n) is 9.51. The molecular weight excluding hydrogens is 362 g/mol. The second kappa shape index (κ2) is 7.49. The molecular formula is C21H24ClN3O2. The van der Waals surface area contributed by atoms with Crippen LogP contribution in [-0.2, 0) is 13.0 Å². The third-order valence-corrected chi connectivity index (χ3v) is 5.86. The van der Waals surface area contributed by atoms with E-state index in [9.17, 15) is 4.79 Å². The van der Waals surface area contributed by atoms with Crippen LogP contribution >= 0.6 is 11.6 Å². The molecule has 0 aliphatic carbocycles. The van der Waals surface area contributed by atoms with Crippen molar-refractivity contribution in [3.8, 4) is 5.88 Å². The number of nitrogens with zero attached hydrogens (tertiary/aromatic N) is 2. The van der Waals surface area contributed by atoms with Crippen molar-refractivity contribution in [1.82, 2.24) is 15.2 Å². The smallest absolute Gasteiger partial charge is 0.259 e. The van der Waals surface area contributed by atoms with Crippen LogP contribution in [0.1, 0.15) is 41.3 Å². The van der Waals surface area contributed by atoms with E-state index in [1.165, 1.54) is 11.1 Å². The minimum atomic E-state index is -0.0336. The second-order valence-electron chi connectivity index (χ2n) is 7.29. The molecule has 6 heteroatoms. The maximum Gasteiger partial charge on any atom is 0.259 e. The monoisotopic (exact) mass is 385 g/mol. The summed E-state index contributed by atoms with van der Waals surface area (Å²) >= 11 is 5.96. The zero-order valence-corrected chi connectivity index (χ0v) is 16.3. The van der Waals surface area contributed by atoms with Crippen molar-refractivity contribution in [1.29, 1.82) is 0 Å². The lowest BCUT2D eigenvalue weighted by Crippen LogP contribution is -2.57. The predicted octanol–water partition coefficient (Wildman–Crippen LogP) is 3.45. The van der Waals surface area contributed by atoms with Gasteiger partial charge in [-0.3, -0.25) is 4.79 Å². The van der Waals surface area contributed by atoms with Crippen LogP contribution in [0.25, 0.3) is 0 Å². The fourth-order valence-electron chi connectivity index (χ4n) is 4.10. The van der Waals surface area contributed by atoms with Gasteiger partial charge in [0, 0.05) is 25.2 Å². The van der Waals surface area contributed by atoms with Crippen molar-refractivity contribution >= 4 is 17.5 Å². The largest absolute Gasteiger partial charge is 0.477 e. The number of aromatic nitrogens is 1. The van der Waals surface area contributed by atoms with Crippen molar-refractivity contribution in [2.24, 2.45) is 0 Å². The van der Waals surface area contributed by atoms with Crippen molar-refractivity contribution in [2.75, 3.05) is 19.7 Å². The Morgan fingerprint density at radius 2 is 1.96 bits per heavy atom. The minimum absolute atomic E-state index is 0.0336. The fraction of sp³-hybridized carbons (Fsp3) is 0.429. The molecule has 1 fully saturated rings. The van der Waals surface area contributed by atoms with E-state index in [0.29, 0.717) is 23.2 Å². The average Bonchev–Trinajstić information content (AvgIpc) is 2.68. The lowest BCUT2D eigenvalue weighted by molar-refractivity contribution is 0.0626. The summed E-state index contributed by atoms with van der Waals surface area (Å²) in [5.41, 5.74) is 3.39. The molecule has 0 unspecified atom stereocenters. The zero-order valence-electron chi connectivity index (χ0n) is 15.5. The molecule has 0 radical (unpaired) electrons. The Morgan fingerprint density at radius 3 is 2.70 bits per heavy atom. The second-order valence-corrected chi connectivity index (χ2v) is 7.68. The van der Waals surface area contributed by atoms with Crippen molar-refractivity contribution in [3.05, 3.63) is 58.2 Å². The number of amides is 1. The summed E-state index contributed by atoms with van der Waals surface area (Å²) in [7, 11) is 0. The molecule has 5 nitrogen and oxygen atoms in total. The summed E-state index contributed by atoms with van der Waals surface area (Å²) in [6.07, 6.45) is 2.91. The first-order chi connectivity index (χ1) is 13.1. The van der Waals surface area contributed by atoms with Gasteiger partial charge in [0.1, 0.15) is 10.7 Å². The number of fused-ring (bicyclic) bond motifs is 1. The van der Waals surface area contributed by atoms with Gasteiger partial charge in [0.15, 0.2) is 0 Å².